The lowest BCUT2D eigenvalue weighted by Gasteiger charge is -2.30. The lowest BCUT2D eigenvalue weighted by Crippen LogP contribution is -2.11. The molecule has 0 N–H and O–H groups in total. The van der Waals surface area contributed by atoms with Crippen LogP contribution in [0.25, 0.3) is 82.9 Å². The smallest absolute Gasteiger partial charge is 0.0619 e. The van der Waals surface area contributed by atoms with Gasteiger partial charge >= 0.3 is 0 Å². The Kier molecular flexibility index (Phi) is 8.14. The second-order valence-electron chi connectivity index (χ2n) is 16.0. The van der Waals surface area contributed by atoms with Crippen LogP contribution < -0.4 is 4.90 Å². The fraction of sp³-hybridized carbons (Fsp3) is 0.107. The maximum atomic E-state index is 2.48. The van der Waals surface area contributed by atoms with Crippen LogP contribution in [0.5, 0.6) is 0 Å². The van der Waals surface area contributed by atoms with Gasteiger partial charge < -0.3 is 4.90 Å². The van der Waals surface area contributed by atoms with E-state index in [2.05, 4.69) is 194 Å². The summed E-state index contributed by atoms with van der Waals surface area (Å²) in [5.41, 5.74) is 10.0. The minimum atomic E-state index is 1.13. The van der Waals surface area contributed by atoms with Crippen LogP contribution in [0, 0.1) is 6.92 Å². The van der Waals surface area contributed by atoms with Gasteiger partial charge in [-0.1, -0.05) is 169 Å². The maximum absolute atomic E-state index is 2.48. The van der Waals surface area contributed by atoms with E-state index in [1.54, 1.807) is 5.57 Å². The molecule has 1 heteroatoms. The summed E-state index contributed by atoms with van der Waals surface area (Å²) in [5.74, 6) is 0. The molecule has 0 bridgehead atoms. The van der Waals surface area contributed by atoms with Gasteiger partial charge in [0.1, 0.15) is 0 Å². The van der Waals surface area contributed by atoms with Crippen LogP contribution in [0.4, 0.5) is 17.1 Å². The topological polar surface area (TPSA) is 3.24 Å². The van der Waals surface area contributed by atoms with Gasteiger partial charge in [-0.05, 0) is 128 Å². The first kappa shape index (κ1) is 33.6. The van der Waals surface area contributed by atoms with Crippen molar-refractivity contribution < 1.29 is 0 Å². The van der Waals surface area contributed by atoms with E-state index in [-0.39, 0.29) is 0 Å². The molecule has 1 aliphatic rings. The molecule has 1 saturated carbocycles. The molecule has 11 rings (SSSR count). The Bertz CT molecular complexity index is 3170. The van der Waals surface area contributed by atoms with Gasteiger partial charge in [0.15, 0.2) is 0 Å². The lowest BCUT2D eigenvalue weighted by atomic mass is 9.84. The minimum Gasteiger partial charge on any atom is -0.309 e. The van der Waals surface area contributed by atoms with Crippen molar-refractivity contribution in [1.29, 1.82) is 0 Å². The van der Waals surface area contributed by atoms with Gasteiger partial charge in [-0.2, -0.15) is 0 Å². The monoisotopic (exact) mass is 729 g/mol. The fourth-order valence-electron chi connectivity index (χ4n) is 9.66. The van der Waals surface area contributed by atoms with E-state index in [1.165, 1.54) is 125 Å². The van der Waals surface area contributed by atoms with Gasteiger partial charge in [0.25, 0.3) is 0 Å². The van der Waals surface area contributed by atoms with E-state index < -0.39 is 0 Å². The van der Waals surface area contributed by atoms with E-state index in [0.29, 0.717) is 0 Å². The second-order valence-corrected chi connectivity index (χ2v) is 16.0. The summed E-state index contributed by atoms with van der Waals surface area (Å²) in [6.45, 7) is 2.16. The van der Waals surface area contributed by atoms with Crippen molar-refractivity contribution >= 4 is 99.9 Å². The second kappa shape index (κ2) is 13.8. The van der Waals surface area contributed by atoms with Gasteiger partial charge in [-0.3, -0.25) is 0 Å². The normalized spacial score (nSPS) is 13.6. The summed E-state index contributed by atoms with van der Waals surface area (Å²) >= 11 is 0. The fourth-order valence-corrected chi connectivity index (χ4v) is 9.66. The number of fused-ring (bicyclic) bond motifs is 6. The van der Waals surface area contributed by atoms with E-state index >= 15 is 0 Å². The molecule has 1 nitrogen and oxygen atoms in total. The van der Waals surface area contributed by atoms with Gasteiger partial charge in [-0.25, -0.2) is 0 Å². The predicted octanol–water partition coefficient (Wildman–Crippen LogP) is 16.3. The van der Waals surface area contributed by atoms with Crippen LogP contribution in [0.15, 0.2) is 169 Å². The highest BCUT2D eigenvalue weighted by molar-refractivity contribution is 6.44. The van der Waals surface area contributed by atoms with Crippen molar-refractivity contribution in [3.05, 3.63) is 192 Å². The maximum Gasteiger partial charge on any atom is 0.0619 e. The molecule has 0 aromatic heterocycles. The summed E-state index contributed by atoms with van der Waals surface area (Å²) in [6.07, 6.45) is 13.4. The van der Waals surface area contributed by atoms with E-state index in [0.717, 1.165) is 11.4 Å². The largest absolute Gasteiger partial charge is 0.309 e. The summed E-state index contributed by atoms with van der Waals surface area (Å²) in [7, 11) is 0. The highest BCUT2D eigenvalue weighted by Crippen LogP contribution is 2.52. The first-order valence-electron chi connectivity index (χ1n) is 20.6. The number of anilines is 3. The quantitative estimate of drug-likeness (QED) is 0.0936. The predicted molar refractivity (Wildman–Crippen MR) is 249 cm³/mol. The number of nitrogens with zero attached hydrogens (tertiary/aromatic N) is 1. The van der Waals surface area contributed by atoms with E-state index in [9.17, 15) is 0 Å². The highest BCUT2D eigenvalue weighted by Gasteiger charge is 2.24. The molecule has 10 aromatic rings. The van der Waals surface area contributed by atoms with Gasteiger partial charge in [0.2, 0.25) is 0 Å². The van der Waals surface area contributed by atoms with Crippen molar-refractivity contribution in [2.24, 2.45) is 0 Å². The van der Waals surface area contributed by atoms with Crippen LogP contribution in [0.2, 0.25) is 0 Å². The molecule has 272 valence electrons. The minimum absolute atomic E-state index is 1.13. The number of hydrogen-bond acceptors (Lipinski definition) is 1. The standard InChI is InChI=1S/C56H43N/c1-37-21-31-44(32-22-37)57(45-33-29-39(30-34-45)24-23-38-25-27-41(28-26-38)35-40-11-3-2-4-12-40)56-50-17-8-7-16-49(50)55-53-48(19-10-20-51(53)56)47-18-9-14-43-36-42-13-5-6-15-46(42)54(55)52(43)47/h5-10,13-36H,2-4,11-12H2,1H3. The molecule has 0 saturated heterocycles. The molecule has 0 amide bonds. The zero-order valence-electron chi connectivity index (χ0n) is 32.3. The Hall–Kier alpha value is -6.70. The van der Waals surface area contributed by atoms with Gasteiger partial charge in [-0.15, -0.1) is 0 Å². The molecule has 0 radical (unpaired) electrons. The number of allylic oxidation sites excluding steroid dienone is 1. The molecule has 0 unspecified atom stereocenters. The zero-order valence-corrected chi connectivity index (χ0v) is 32.3. The number of rotatable bonds is 6. The van der Waals surface area contributed by atoms with Crippen LogP contribution in [0.1, 0.15) is 54.4 Å². The molecule has 1 aliphatic carbocycles. The summed E-state index contributed by atoms with van der Waals surface area (Å²) < 4.78 is 0. The molecule has 0 aliphatic heterocycles. The third kappa shape index (κ3) is 5.77. The molecular weight excluding hydrogens is 687 g/mol. The van der Waals surface area contributed by atoms with Crippen LogP contribution >= 0.6 is 0 Å². The molecule has 1 fully saturated rings. The van der Waals surface area contributed by atoms with E-state index in [1.807, 2.05) is 0 Å². The third-order valence-corrected chi connectivity index (χ3v) is 12.4. The Labute approximate surface area is 334 Å². The van der Waals surface area contributed by atoms with Crippen LogP contribution in [-0.4, -0.2) is 0 Å². The average Bonchev–Trinajstić information content (AvgIpc) is 3.26. The SMILES string of the molecule is Cc1ccc(N(c2ccc(C=Cc3ccc(C=C4CCCCC4)cc3)cc2)c2c3ccccc3c3c4c2cccc4c2cccc4cc5ccccc5c3c42)cc1. The average molecular weight is 730 g/mol. The third-order valence-electron chi connectivity index (χ3n) is 12.4. The summed E-state index contributed by atoms with van der Waals surface area (Å²) in [6, 6.07) is 61.2. The first-order chi connectivity index (χ1) is 28.2. The van der Waals surface area contributed by atoms with Crippen LogP contribution in [0.3, 0.4) is 0 Å². The molecule has 0 heterocycles. The van der Waals surface area contributed by atoms with E-state index in [4.69, 9.17) is 0 Å². The molecule has 0 atom stereocenters. The number of benzene rings is 10. The Morgan fingerprint density at radius 2 is 0.912 bits per heavy atom. The van der Waals surface area contributed by atoms with Crippen molar-refractivity contribution in [2.45, 2.75) is 39.0 Å². The van der Waals surface area contributed by atoms with Gasteiger partial charge in [0, 0.05) is 27.5 Å². The lowest BCUT2D eigenvalue weighted by molar-refractivity contribution is 0.602. The van der Waals surface area contributed by atoms with Gasteiger partial charge in [0.05, 0.1) is 5.69 Å². The van der Waals surface area contributed by atoms with Crippen molar-refractivity contribution in [3.8, 4) is 0 Å². The Morgan fingerprint density at radius 1 is 0.404 bits per heavy atom. The molecular formula is C56H43N. The van der Waals surface area contributed by atoms with Crippen molar-refractivity contribution in [1.82, 2.24) is 0 Å². The summed E-state index contributed by atoms with van der Waals surface area (Å²) in [5, 5.41) is 15.6. The Balaban J connectivity index is 1.09. The summed E-state index contributed by atoms with van der Waals surface area (Å²) in [4.78, 5) is 2.48. The van der Waals surface area contributed by atoms with Crippen LogP contribution in [-0.2, 0) is 0 Å². The number of hydrogen-bond donors (Lipinski definition) is 0. The molecule has 57 heavy (non-hydrogen) atoms. The first-order valence-corrected chi connectivity index (χ1v) is 20.6. The number of aryl methyl sites for hydroxylation is 1. The van der Waals surface area contributed by atoms with Crippen molar-refractivity contribution in [3.63, 3.8) is 0 Å². The Morgan fingerprint density at radius 3 is 1.65 bits per heavy atom. The molecule has 10 aromatic carbocycles. The van der Waals surface area contributed by atoms with Crippen molar-refractivity contribution in [2.75, 3.05) is 4.90 Å². The highest BCUT2D eigenvalue weighted by atomic mass is 15.1. The zero-order chi connectivity index (χ0) is 37.9. The molecule has 0 spiro atoms.